The van der Waals surface area contributed by atoms with E-state index in [1.807, 2.05) is 6.92 Å². The third-order valence-electron chi connectivity index (χ3n) is 3.07. The molecule has 0 amide bonds. The van der Waals surface area contributed by atoms with Crippen molar-refractivity contribution < 1.29 is 9.13 Å². The second-order valence-corrected chi connectivity index (χ2v) is 4.39. The summed E-state index contributed by atoms with van der Waals surface area (Å²) in [4.78, 5) is 6.99. The zero-order valence-electron chi connectivity index (χ0n) is 11.1. The van der Waals surface area contributed by atoms with Gasteiger partial charge in [0, 0.05) is 42.5 Å². The van der Waals surface area contributed by atoms with Gasteiger partial charge in [0.2, 0.25) is 0 Å². The lowest BCUT2D eigenvalue weighted by Crippen LogP contribution is -2.22. The number of benzene rings is 1. The summed E-state index contributed by atoms with van der Waals surface area (Å²) < 4.78 is 18.8. The molecule has 0 bridgehead atoms. The number of hydrogen-bond donors (Lipinski definition) is 2. The van der Waals surface area contributed by atoms with E-state index in [4.69, 9.17) is 4.74 Å². The van der Waals surface area contributed by atoms with Gasteiger partial charge in [-0.1, -0.05) is 6.07 Å². The highest BCUT2D eigenvalue weighted by molar-refractivity contribution is 5.30. The molecule has 2 aromatic rings. The maximum Gasteiger partial charge on any atom is 0.131 e. The van der Waals surface area contributed by atoms with E-state index < -0.39 is 0 Å². The number of nitrogens with zero attached hydrogens (tertiary/aromatic N) is 1. The molecule has 0 saturated carbocycles. The molecule has 0 aliphatic rings. The van der Waals surface area contributed by atoms with E-state index in [0.717, 1.165) is 18.7 Å². The largest absolute Gasteiger partial charge is 0.497 e. The van der Waals surface area contributed by atoms with E-state index >= 15 is 0 Å². The Hall–Kier alpha value is -1.88. The standard InChI is InChI=1S/C14H18FN3O/c1-10(17-6-5-11-8-16-9-18-11)13-4-3-12(19-2)7-14(13)15/h3-4,7-10,17H,5-6H2,1-2H3,(H,16,18). The van der Waals surface area contributed by atoms with Crippen LogP contribution in [0.1, 0.15) is 24.2 Å². The fourth-order valence-electron chi connectivity index (χ4n) is 1.94. The lowest BCUT2D eigenvalue weighted by molar-refractivity contribution is 0.409. The van der Waals surface area contributed by atoms with Gasteiger partial charge in [0.1, 0.15) is 11.6 Å². The van der Waals surface area contributed by atoms with Crippen molar-refractivity contribution in [2.75, 3.05) is 13.7 Å². The van der Waals surface area contributed by atoms with Crippen LogP contribution in [0.15, 0.2) is 30.7 Å². The minimum atomic E-state index is -0.249. The molecular weight excluding hydrogens is 245 g/mol. The van der Waals surface area contributed by atoms with E-state index in [1.165, 1.54) is 13.2 Å². The summed E-state index contributed by atoms with van der Waals surface area (Å²) in [5.74, 6) is 0.284. The number of hydrogen-bond acceptors (Lipinski definition) is 3. The smallest absolute Gasteiger partial charge is 0.131 e. The van der Waals surface area contributed by atoms with Crippen LogP contribution in [0.2, 0.25) is 0 Å². The van der Waals surface area contributed by atoms with Gasteiger partial charge in [0.05, 0.1) is 13.4 Å². The van der Waals surface area contributed by atoms with Crippen molar-refractivity contribution in [1.29, 1.82) is 0 Å². The Morgan fingerprint density at radius 1 is 1.47 bits per heavy atom. The lowest BCUT2D eigenvalue weighted by atomic mass is 10.1. The molecule has 5 heteroatoms. The molecule has 0 fully saturated rings. The van der Waals surface area contributed by atoms with Gasteiger partial charge in [-0.15, -0.1) is 0 Å². The molecule has 0 aliphatic heterocycles. The van der Waals surface area contributed by atoms with Gasteiger partial charge in [0.15, 0.2) is 0 Å². The van der Waals surface area contributed by atoms with Gasteiger partial charge in [-0.3, -0.25) is 0 Å². The summed E-state index contributed by atoms with van der Waals surface area (Å²) in [6, 6.07) is 4.88. The van der Waals surface area contributed by atoms with Crippen LogP contribution >= 0.6 is 0 Å². The Balaban J connectivity index is 1.90. The topological polar surface area (TPSA) is 49.9 Å². The fourth-order valence-corrected chi connectivity index (χ4v) is 1.94. The van der Waals surface area contributed by atoms with Crippen molar-refractivity contribution in [1.82, 2.24) is 15.3 Å². The van der Waals surface area contributed by atoms with Gasteiger partial charge >= 0.3 is 0 Å². The zero-order chi connectivity index (χ0) is 13.7. The van der Waals surface area contributed by atoms with Crippen LogP contribution in [0.25, 0.3) is 0 Å². The average Bonchev–Trinajstić information content (AvgIpc) is 2.91. The predicted molar refractivity (Wildman–Crippen MR) is 71.7 cm³/mol. The Kier molecular flexibility index (Phi) is 4.52. The fraction of sp³-hybridized carbons (Fsp3) is 0.357. The molecule has 1 heterocycles. The molecular formula is C14H18FN3O. The maximum atomic E-state index is 13.9. The molecule has 1 unspecified atom stereocenters. The highest BCUT2D eigenvalue weighted by Crippen LogP contribution is 2.21. The maximum absolute atomic E-state index is 13.9. The summed E-state index contributed by atoms with van der Waals surface area (Å²) in [7, 11) is 1.53. The summed E-state index contributed by atoms with van der Waals surface area (Å²) in [5.41, 5.74) is 1.71. The molecule has 1 atom stereocenters. The summed E-state index contributed by atoms with van der Waals surface area (Å²) in [6.07, 6.45) is 4.28. The zero-order valence-corrected chi connectivity index (χ0v) is 11.1. The van der Waals surface area contributed by atoms with Crippen LogP contribution in [-0.2, 0) is 6.42 Å². The number of aromatic amines is 1. The first-order valence-corrected chi connectivity index (χ1v) is 6.24. The molecule has 1 aromatic heterocycles. The van der Waals surface area contributed by atoms with Crippen LogP contribution < -0.4 is 10.1 Å². The SMILES string of the molecule is COc1ccc(C(C)NCCc2cnc[nH]2)c(F)c1. The summed E-state index contributed by atoms with van der Waals surface area (Å²) in [5, 5.41) is 3.29. The first kappa shape index (κ1) is 13.5. The third-order valence-corrected chi connectivity index (χ3v) is 3.07. The number of rotatable bonds is 6. The van der Waals surface area contributed by atoms with Crippen LogP contribution in [0.3, 0.4) is 0 Å². The normalized spacial score (nSPS) is 12.4. The minimum Gasteiger partial charge on any atom is -0.497 e. The summed E-state index contributed by atoms with van der Waals surface area (Å²) >= 11 is 0. The van der Waals surface area contributed by atoms with Crippen molar-refractivity contribution in [2.24, 2.45) is 0 Å². The van der Waals surface area contributed by atoms with E-state index in [2.05, 4.69) is 15.3 Å². The summed E-state index contributed by atoms with van der Waals surface area (Å²) in [6.45, 7) is 2.70. The molecule has 0 radical (unpaired) electrons. The highest BCUT2D eigenvalue weighted by atomic mass is 19.1. The van der Waals surface area contributed by atoms with Crippen LogP contribution in [-0.4, -0.2) is 23.6 Å². The van der Waals surface area contributed by atoms with E-state index in [1.54, 1.807) is 24.7 Å². The second-order valence-electron chi connectivity index (χ2n) is 4.39. The van der Waals surface area contributed by atoms with Crippen LogP contribution in [0, 0.1) is 5.82 Å². The number of ether oxygens (including phenoxy) is 1. The van der Waals surface area contributed by atoms with Gasteiger partial charge in [-0.25, -0.2) is 9.37 Å². The van der Waals surface area contributed by atoms with Gasteiger partial charge in [-0.05, 0) is 13.0 Å². The van der Waals surface area contributed by atoms with Crippen molar-refractivity contribution in [3.8, 4) is 5.75 Å². The molecule has 0 spiro atoms. The number of nitrogens with one attached hydrogen (secondary N) is 2. The van der Waals surface area contributed by atoms with Gasteiger partial charge in [-0.2, -0.15) is 0 Å². The lowest BCUT2D eigenvalue weighted by Gasteiger charge is -2.15. The highest BCUT2D eigenvalue weighted by Gasteiger charge is 2.11. The van der Waals surface area contributed by atoms with Crippen molar-refractivity contribution in [2.45, 2.75) is 19.4 Å². The number of aromatic nitrogens is 2. The van der Waals surface area contributed by atoms with E-state index in [0.29, 0.717) is 11.3 Å². The van der Waals surface area contributed by atoms with E-state index in [-0.39, 0.29) is 11.9 Å². The predicted octanol–water partition coefficient (Wildman–Crippen LogP) is 2.45. The van der Waals surface area contributed by atoms with Crippen molar-refractivity contribution in [3.63, 3.8) is 0 Å². The van der Waals surface area contributed by atoms with Gasteiger partial charge < -0.3 is 15.0 Å². The second kappa shape index (κ2) is 6.33. The number of imidazole rings is 1. The Morgan fingerprint density at radius 2 is 2.32 bits per heavy atom. The molecule has 2 rings (SSSR count). The quantitative estimate of drug-likeness (QED) is 0.841. The monoisotopic (exact) mass is 263 g/mol. The minimum absolute atomic E-state index is 0.0474. The first-order chi connectivity index (χ1) is 9.20. The van der Waals surface area contributed by atoms with Crippen molar-refractivity contribution >= 4 is 0 Å². The molecule has 4 nitrogen and oxygen atoms in total. The Bertz CT molecular complexity index is 513. The van der Waals surface area contributed by atoms with Crippen molar-refractivity contribution in [3.05, 3.63) is 47.8 Å². The number of H-pyrrole nitrogens is 1. The third kappa shape index (κ3) is 3.54. The number of halogens is 1. The van der Waals surface area contributed by atoms with E-state index in [9.17, 15) is 4.39 Å². The molecule has 1 aromatic carbocycles. The van der Waals surface area contributed by atoms with Gasteiger partial charge in [0.25, 0.3) is 0 Å². The average molecular weight is 263 g/mol. The first-order valence-electron chi connectivity index (χ1n) is 6.24. The molecule has 102 valence electrons. The molecule has 0 saturated heterocycles. The molecule has 2 N–H and O–H groups in total. The van der Waals surface area contributed by atoms with Crippen LogP contribution in [0.4, 0.5) is 4.39 Å². The molecule has 0 aliphatic carbocycles. The number of methoxy groups -OCH3 is 1. The Labute approximate surface area is 112 Å². The Morgan fingerprint density at radius 3 is 2.95 bits per heavy atom. The molecule has 19 heavy (non-hydrogen) atoms. The van der Waals surface area contributed by atoms with Crippen LogP contribution in [0.5, 0.6) is 5.75 Å².